The summed E-state index contributed by atoms with van der Waals surface area (Å²) in [6, 6.07) is 6.97. The Morgan fingerprint density at radius 1 is 1.15 bits per heavy atom. The van der Waals surface area contributed by atoms with Crippen molar-refractivity contribution in [2.75, 3.05) is 20.2 Å². The molecule has 1 aliphatic heterocycles. The van der Waals surface area contributed by atoms with Gasteiger partial charge in [0.05, 0.1) is 12.7 Å². The first kappa shape index (κ1) is 23.2. The first-order valence-electron chi connectivity index (χ1n) is 7.79. The minimum atomic E-state index is -5.84. The summed E-state index contributed by atoms with van der Waals surface area (Å²) in [5.41, 5.74) is -4.83. The first-order valence-corrected chi connectivity index (χ1v) is 9.23. The van der Waals surface area contributed by atoms with Crippen molar-refractivity contribution in [2.24, 2.45) is 0 Å². The number of rotatable bonds is 3. The van der Waals surface area contributed by atoms with E-state index >= 15 is 0 Å². The molecule has 0 aliphatic carbocycles. The van der Waals surface area contributed by atoms with E-state index in [0.29, 0.717) is 5.56 Å². The Morgan fingerprint density at radius 3 is 1.93 bits per heavy atom. The van der Waals surface area contributed by atoms with Gasteiger partial charge in [-0.2, -0.15) is 21.6 Å². The Morgan fingerprint density at radius 2 is 1.59 bits per heavy atom. The predicted octanol–water partition coefficient (Wildman–Crippen LogP) is 2.73. The number of alkyl halides is 3. The smallest absolute Gasteiger partial charge is 0.497 e. The number of halogens is 3. The molecule has 0 atom stereocenters. The number of nitrogens with zero attached hydrogens (tertiary/aromatic N) is 1. The van der Waals surface area contributed by atoms with Crippen LogP contribution < -0.4 is 4.74 Å². The second-order valence-electron chi connectivity index (χ2n) is 6.75. The lowest BCUT2D eigenvalue weighted by molar-refractivity contribution is -0.0645. The lowest BCUT2D eigenvalue weighted by Crippen LogP contribution is -2.60. The summed E-state index contributed by atoms with van der Waals surface area (Å²) < 4.78 is 68.0. The van der Waals surface area contributed by atoms with Gasteiger partial charge >= 0.3 is 21.6 Å². The lowest BCUT2D eigenvalue weighted by atomic mass is 9.99. The van der Waals surface area contributed by atoms with Crippen LogP contribution in [-0.2, 0) is 14.9 Å². The van der Waals surface area contributed by atoms with E-state index in [1.54, 1.807) is 31.4 Å². The van der Waals surface area contributed by atoms with Crippen LogP contribution in [0.2, 0.25) is 0 Å². The third-order valence-electron chi connectivity index (χ3n) is 3.69. The fraction of sp³-hybridized carbons (Fsp3) is 0.562. The number of methoxy groups -OCH3 is 1. The SMILES string of the molecule is COc1ccc(C(=O)OC2CN(C(C)(C)C)C2)cc1.O=S(=O)(O)C(F)(F)F. The zero-order chi connectivity index (χ0) is 21.0. The molecule has 27 heavy (non-hydrogen) atoms. The van der Waals surface area contributed by atoms with E-state index in [-0.39, 0.29) is 17.6 Å². The number of benzene rings is 1. The number of hydrogen-bond donors (Lipinski definition) is 1. The van der Waals surface area contributed by atoms with Gasteiger partial charge in [0.1, 0.15) is 11.9 Å². The minimum Gasteiger partial charge on any atom is -0.497 e. The molecule has 0 unspecified atom stereocenters. The van der Waals surface area contributed by atoms with Gasteiger partial charge in [-0.25, -0.2) is 4.79 Å². The Hall–Kier alpha value is -1.85. The molecule has 1 fully saturated rings. The number of ether oxygens (including phenoxy) is 2. The highest BCUT2D eigenvalue weighted by molar-refractivity contribution is 7.86. The molecular weight excluding hydrogens is 391 g/mol. The van der Waals surface area contributed by atoms with Crippen molar-refractivity contribution in [1.29, 1.82) is 0 Å². The normalized spacial score (nSPS) is 16.0. The molecule has 154 valence electrons. The lowest BCUT2D eigenvalue weighted by Gasteiger charge is -2.46. The maximum absolute atomic E-state index is 11.9. The van der Waals surface area contributed by atoms with Crippen LogP contribution in [0.25, 0.3) is 0 Å². The highest BCUT2D eigenvalue weighted by Gasteiger charge is 2.44. The monoisotopic (exact) mass is 413 g/mol. The molecule has 1 aromatic carbocycles. The molecule has 0 amide bonds. The Labute approximate surface area is 155 Å². The molecule has 1 saturated heterocycles. The predicted molar refractivity (Wildman–Crippen MR) is 91.1 cm³/mol. The summed E-state index contributed by atoms with van der Waals surface area (Å²) in [5, 5.41) is 0. The fourth-order valence-electron chi connectivity index (χ4n) is 2.01. The molecule has 1 N–H and O–H groups in total. The molecule has 7 nitrogen and oxygen atoms in total. The van der Waals surface area contributed by atoms with Gasteiger partial charge < -0.3 is 9.47 Å². The zero-order valence-corrected chi connectivity index (χ0v) is 16.1. The van der Waals surface area contributed by atoms with Gasteiger partial charge in [0.25, 0.3) is 0 Å². The number of carbonyl (C=O) groups is 1. The van der Waals surface area contributed by atoms with E-state index in [9.17, 15) is 18.0 Å². The summed E-state index contributed by atoms with van der Waals surface area (Å²) >= 11 is 0. The Kier molecular flexibility index (Phi) is 7.25. The second kappa shape index (κ2) is 8.44. The van der Waals surface area contributed by atoms with Crippen molar-refractivity contribution in [3.63, 3.8) is 0 Å². The highest BCUT2D eigenvalue weighted by Crippen LogP contribution is 2.24. The van der Waals surface area contributed by atoms with E-state index in [0.717, 1.165) is 18.8 Å². The van der Waals surface area contributed by atoms with Gasteiger partial charge in [-0.05, 0) is 45.0 Å². The van der Waals surface area contributed by atoms with Gasteiger partial charge in [0.2, 0.25) is 0 Å². The van der Waals surface area contributed by atoms with Gasteiger partial charge in [-0.1, -0.05) is 0 Å². The van der Waals surface area contributed by atoms with Gasteiger partial charge in [-0.3, -0.25) is 9.45 Å². The van der Waals surface area contributed by atoms with Gasteiger partial charge in [0.15, 0.2) is 0 Å². The third-order valence-corrected chi connectivity index (χ3v) is 4.27. The maximum Gasteiger partial charge on any atom is 0.522 e. The second-order valence-corrected chi connectivity index (χ2v) is 8.17. The maximum atomic E-state index is 11.9. The van der Waals surface area contributed by atoms with Crippen molar-refractivity contribution in [3.05, 3.63) is 29.8 Å². The van der Waals surface area contributed by atoms with E-state index in [1.165, 1.54) is 0 Å². The molecule has 0 bridgehead atoms. The average Bonchev–Trinajstić information content (AvgIpc) is 2.47. The molecule has 0 aromatic heterocycles. The summed E-state index contributed by atoms with van der Waals surface area (Å²) in [7, 11) is -4.24. The molecular formula is C16H22F3NO6S. The quantitative estimate of drug-likeness (QED) is 0.463. The van der Waals surface area contributed by atoms with Gasteiger partial charge in [-0.15, -0.1) is 0 Å². The van der Waals surface area contributed by atoms with E-state index in [2.05, 4.69) is 25.7 Å². The van der Waals surface area contributed by atoms with Crippen molar-refractivity contribution in [2.45, 2.75) is 37.9 Å². The Bertz CT molecular complexity index is 735. The molecule has 2 rings (SSSR count). The minimum absolute atomic E-state index is 0.00817. The van der Waals surface area contributed by atoms with Gasteiger partial charge in [0, 0.05) is 18.6 Å². The van der Waals surface area contributed by atoms with E-state index < -0.39 is 15.6 Å². The van der Waals surface area contributed by atoms with Crippen molar-refractivity contribution >= 4 is 16.1 Å². The first-order chi connectivity index (χ1) is 12.1. The van der Waals surface area contributed by atoms with E-state index in [4.69, 9.17) is 22.4 Å². The zero-order valence-electron chi connectivity index (χ0n) is 15.3. The molecule has 0 radical (unpaired) electrons. The number of likely N-dealkylation sites (tertiary alicyclic amines) is 1. The van der Waals surface area contributed by atoms with Crippen LogP contribution in [0.4, 0.5) is 13.2 Å². The summed E-state index contributed by atoms with van der Waals surface area (Å²) in [5.74, 6) is 0.473. The van der Waals surface area contributed by atoms with Crippen molar-refractivity contribution in [3.8, 4) is 5.75 Å². The average molecular weight is 413 g/mol. The third kappa shape index (κ3) is 7.00. The van der Waals surface area contributed by atoms with Crippen LogP contribution in [0.15, 0.2) is 24.3 Å². The molecule has 1 aromatic rings. The number of hydrogen-bond acceptors (Lipinski definition) is 6. The molecule has 1 heterocycles. The number of carbonyl (C=O) groups excluding carboxylic acids is 1. The molecule has 11 heteroatoms. The van der Waals surface area contributed by atoms with E-state index in [1.807, 2.05) is 0 Å². The molecule has 1 aliphatic rings. The summed E-state index contributed by atoms with van der Waals surface area (Å²) in [6.45, 7) is 8.11. The van der Waals surface area contributed by atoms with Crippen LogP contribution in [0.5, 0.6) is 5.75 Å². The topological polar surface area (TPSA) is 93.1 Å². The van der Waals surface area contributed by atoms with Crippen molar-refractivity contribution < 1.29 is 40.4 Å². The van der Waals surface area contributed by atoms with Crippen LogP contribution in [0, 0.1) is 0 Å². The molecule has 0 spiro atoms. The molecule has 0 saturated carbocycles. The highest BCUT2D eigenvalue weighted by atomic mass is 32.2. The summed E-state index contributed by atoms with van der Waals surface area (Å²) in [4.78, 5) is 14.2. The standard InChI is InChI=1S/C15H21NO3.CHF3O3S/c1-15(2,3)16-9-13(10-16)19-14(17)11-5-7-12(18-4)8-6-11;2-1(3,4)8(5,6)7/h5-8,13H,9-10H2,1-4H3;(H,5,6,7). The largest absolute Gasteiger partial charge is 0.522 e. The van der Waals surface area contributed by atoms with Crippen LogP contribution in [-0.4, -0.2) is 61.2 Å². The Balaban J connectivity index is 0.000000387. The van der Waals surface area contributed by atoms with Crippen LogP contribution in [0.3, 0.4) is 0 Å². The van der Waals surface area contributed by atoms with Crippen LogP contribution >= 0.6 is 0 Å². The fourth-order valence-corrected chi connectivity index (χ4v) is 2.01. The van der Waals surface area contributed by atoms with Crippen LogP contribution in [0.1, 0.15) is 31.1 Å². The number of esters is 1. The summed E-state index contributed by atoms with van der Waals surface area (Å²) in [6.07, 6.45) is 0.00817. The van der Waals surface area contributed by atoms with Crippen molar-refractivity contribution in [1.82, 2.24) is 4.90 Å².